The number of carbonyl (C=O) groups excluding carboxylic acids is 2. The molecule has 0 unspecified atom stereocenters. The number of carbonyl (C=O) groups is 2. The maximum atomic E-state index is 12.5. The predicted octanol–water partition coefficient (Wildman–Crippen LogP) is 2.00. The van der Waals surface area contributed by atoms with Gasteiger partial charge in [0.1, 0.15) is 0 Å². The van der Waals surface area contributed by atoms with Crippen molar-refractivity contribution >= 4 is 27.3 Å². The Kier molecular flexibility index (Phi) is 5.56. The highest BCUT2D eigenvalue weighted by Crippen LogP contribution is 2.27. The van der Waals surface area contributed by atoms with Gasteiger partial charge in [-0.25, -0.2) is 8.42 Å². The monoisotopic (exact) mass is 366 g/mol. The van der Waals surface area contributed by atoms with Crippen LogP contribution in [0.15, 0.2) is 24.3 Å². The van der Waals surface area contributed by atoms with Crippen LogP contribution < -0.4 is 5.32 Å². The van der Waals surface area contributed by atoms with E-state index < -0.39 is 19.8 Å². The number of hydrogen-bond donors (Lipinski definition) is 1. The lowest BCUT2D eigenvalue weighted by atomic mass is 10.1. The molecule has 1 atom stereocenters. The van der Waals surface area contributed by atoms with Gasteiger partial charge in [-0.3, -0.25) is 9.59 Å². The molecule has 2 amide bonds. The first-order valence-electron chi connectivity index (χ1n) is 8.38. The Morgan fingerprint density at radius 3 is 2.32 bits per heavy atom. The number of likely N-dealkylation sites (tertiary alicyclic amines) is 1. The van der Waals surface area contributed by atoms with Crippen molar-refractivity contribution in [3.8, 4) is 0 Å². The van der Waals surface area contributed by atoms with Gasteiger partial charge in [0.15, 0.2) is 9.84 Å². The van der Waals surface area contributed by atoms with Gasteiger partial charge in [0.25, 0.3) is 0 Å². The standard InChI is InChI=1S/C18H26N2O4S/c1-13(21)19-15-7-5-14(6-8-15)11-17(22)20-10-9-16(12-20)25(23,24)18(2,3)4/h5-8,16H,9-12H2,1-4H3,(H,19,21)/t16-/m0/s1. The maximum Gasteiger partial charge on any atom is 0.227 e. The van der Waals surface area contributed by atoms with Crippen molar-refractivity contribution in [2.24, 2.45) is 0 Å². The number of amides is 2. The fraction of sp³-hybridized carbons (Fsp3) is 0.556. The molecule has 6 nitrogen and oxygen atoms in total. The van der Waals surface area contributed by atoms with Crippen LogP contribution in [0.25, 0.3) is 0 Å². The third kappa shape index (κ3) is 4.60. The summed E-state index contributed by atoms with van der Waals surface area (Å²) in [7, 11) is -3.27. The number of hydrogen-bond acceptors (Lipinski definition) is 4. The second-order valence-corrected chi connectivity index (χ2v) is 10.4. The molecular formula is C18H26N2O4S. The van der Waals surface area contributed by atoms with Gasteiger partial charge in [-0.15, -0.1) is 0 Å². The van der Waals surface area contributed by atoms with Crippen LogP contribution in [0.3, 0.4) is 0 Å². The van der Waals surface area contributed by atoms with Crippen LogP contribution in [0.5, 0.6) is 0 Å². The van der Waals surface area contributed by atoms with Crippen LogP contribution in [0.1, 0.15) is 39.7 Å². The third-order valence-corrected chi connectivity index (χ3v) is 7.39. The summed E-state index contributed by atoms with van der Waals surface area (Å²) in [5.41, 5.74) is 1.52. The van der Waals surface area contributed by atoms with Crippen LogP contribution in [0.2, 0.25) is 0 Å². The van der Waals surface area contributed by atoms with Crippen molar-refractivity contribution in [3.63, 3.8) is 0 Å². The highest BCUT2D eigenvalue weighted by atomic mass is 32.2. The summed E-state index contributed by atoms with van der Waals surface area (Å²) in [6, 6.07) is 7.09. The van der Waals surface area contributed by atoms with E-state index >= 15 is 0 Å². The molecule has 1 saturated heterocycles. The number of sulfone groups is 1. The van der Waals surface area contributed by atoms with Crippen LogP contribution >= 0.6 is 0 Å². The summed E-state index contributed by atoms with van der Waals surface area (Å²) in [6.45, 7) is 7.27. The maximum absolute atomic E-state index is 12.5. The molecule has 1 aromatic rings. The lowest BCUT2D eigenvalue weighted by Crippen LogP contribution is -2.40. The molecule has 1 aliphatic heterocycles. The van der Waals surface area contributed by atoms with E-state index in [1.54, 1.807) is 49.9 Å². The highest BCUT2D eigenvalue weighted by Gasteiger charge is 2.41. The summed E-state index contributed by atoms with van der Waals surface area (Å²) in [6.07, 6.45) is 0.718. The molecule has 1 aromatic carbocycles. The van der Waals surface area contributed by atoms with Gasteiger partial charge in [-0.05, 0) is 44.9 Å². The number of nitrogens with one attached hydrogen (secondary N) is 1. The number of benzene rings is 1. The van der Waals surface area contributed by atoms with Gasteiger partial charge in [0.05, 0.1) is 16.4 Å². The Morgan fingerprint density at radius 2 is 1.80 bits per heavy atom. The van der Waals surface area contributed by atoms with Crippen molar-refractivity contribution in [3.05, 3.63) is 29.8 Å². The molecule has 1 aliphatic rings. The van der Waals surface area contributed by atoms with Gasteiger partial charge in [0.2, 0.25) is 11.8 Å². The Hall–Kier alpha value is -1.89. The minimum absolute atomic E-state index is 0.0705. The zero-order valence-electron chi connectivity index (χ0n) is 15.2. The average molecular weight is 366 g/mol. The molecular weight excluding hydrogens is 340 g/mol. The normalized spacial score (nSPS) is 18.2. The molecule has 0 aromatic heterocycles. The van der Waals surface area contributed by atoms with Gasteiger partial charge in [-0.1, -0.05) is 12.1 Å². The van der Waals surface area contributed by atoms with Crippen molar-refractivity contribution in [2.75, 3.05) is 18.4 Å². The zero-order chi connectivity index (χ0) is 18.8. The lowest BCUT2D eigenvalue weighted by molar-refractivity contribution is -0.129. The first-order chi connectivity index (χ1) is 11.5. The Bertz CT molecular complexity index is 748. The molecule has 0 bridgehead atoms. The molecule has 1 heterocycles. The first-order valence-corrected chi connectivity index (χ1v) is 9.93. The molecule has 1 N–H and O–H groups in total. The summed E-state index contributed by atoms with van der Waals surface area (Å²) >= 11 is 0. The molecule has 1 fully saturated rings. The summed E-state index contributed by atoms with van der Waals surface area (Å²) < 4.78 is 24.3. The van der Waals surface area contributed by atoms with Gasteiger partial charge in [0, 0.05) is 25.7 Å². The quantitative estimate of drug-likeness (QED) is 0.883. The predicted molar refractivity (Wildman–Crippen MR) is 98.1 cm³/mol. The molecule has 0 radical (unpaired) electrons. The summed E-state index contributed by atoms with van der Waals surface area (Å²) in [5.74, 6) is -0.217. The van der Waals surface area contributed by atoms with E-state index in [2.05, 4.69) is 5.32 Å². The summed E-state index contributed by atoms with van der Waals surface area (Å²) in [5, 5.41) is 2.19. The first kappa shape index (κ1) is 19.4. The lowest BCUT2D eigenvalue weighted by Gasteiger charge is -2.24. The van der Waals surface area contributed by atoms with Crippen molar-refractivity contribution in [1.29, 1.82) is 0 Å². The van der Waals surface area contributed by atoms with Gasteiger partial charge >= 0.3 is 0 Å². The minimum atomic E-state index is -3.27. The molecule has 0 aliphatic carbocycles. The second kappa shape index (κ2) is 7.15. The zero-order valence-corrected chi connectivity index (χ0v) is 16.0. The Morgan fingerprint density at radius 1 is 1.20 bits per heavy atom. The topological polar surface area (TPSA) is 83.6 Å². The SMILES string of the molecule is CC(=O)Nc1ccc(CC(=O)N2CC[C@H](S(=O)(=O)C(C)(C)C)C2)cc1. The van der Waals surface area contributed by atoms with Crippen LogP contribution in [0.4, 0.5) is 5.69 Å². The van der Waals surface area contributed by atoms with E-state index in [-0.39, 0.29) is 24.8 Å². The number of anilines is 1. The summed E-state index contributed by atoms with van der Waals surface area (Å²) in [4.78, 5) is 25.1. The van der Waals surface area contributed by atoms with Crippen LogP contribution in [-0.2, 0) is 25.8 Å². The third-order valence-electron chi connectivity index (χ3n) is 4.42. The van der Waals surface area contributed by atoms with E-state index in [1.807, 2.05) is 0 Å². The van der Waals surface area contributed by atoms with Crippen molar-refractivity contribution in [1.82, 2.24) is 4.90 Å². The van der Waals surface area contributed by atoms with E-state index in [4.69, 9.17) is 0 Å². The highest BCUT2D eigenvalue weighted by molar-refractivity contribution is 7.93. The van der Waals surface area contributed by atoms with Crippen molar-refractivity contribution in [2.45, 2.75) is 50.5 Å². The number of rotatable bonds is 4. The van der Waals surface area contributed by atoms with Gasteiger partial charge in [-0.2, -0.15) is 0 Å². The minimum Gasteiger partial charge on any atom is -0.341 e. The van der Waals surface area contributed by atoms with Crippen molar-refractivity contribution < 1.29 is 18.0 Å². The number of nitrogens with zero attached hydrogens (tertiary/aromatic N) is 1. The van der Waals surface area contributed by atoms with E-state index in [1.165, 1.54) is 6.92 Å². The molecule has 25 heavy (non-hydrogen) atoms. The Balaban J connectivity index is 1.97. The average Bonchev–Trinajstić information content (AvgIpc) is 2.98. The van der Waals surface area contributed by atoms with Gasteiger partial charge < -0.3 is 10.2 Å². The van der Waals surface area contributed by atoms with E-state index in [0.29, 0.717) is 18.7 Å². The largest absolute Gasteiger partial charge is 0.341 e. The molecule has 0 saturated carbocycles. The molecule has 138 valence electrons. The Labute approximate surface area is 149 Å². The molecule has 2 rings (SSSR count). The van der Waals surface area contributed by atoms with E-state index in [0.717, 1.165) is 5.56 Å². The van der Waals surface area contributed by atoms with Crippen LogP contribution in [-0.4, -0.2) is 48.2 Å². The van der Waals surface area contributed by atoms with E-state index in [9.17, 15) is 18.0 Å². The van der Waals surface area contributed by atoms with Crippen LogP contribution in [0, 0.1) is 0 Å². The fourth-order valence-corrected chi connectivity index (χ4v) is 4.70. The fourth-order valence-electron chi connectivity index (χ4n) is 2.90. The molecule has 7 heteroatoms. The second-order valence-electron chi connectivity index (χ2n) is 7.46. The smallest absolute Gasteiger partial charge is 0.227 e. The molecule has 0 spiro atoms.